The second-order valence-electron chi connectivity index (χ2n) is 8.09. The summed E-state index contributed by atoms with van der Waals surface area (Å²) in [4.78, 5) is 28.1. The van der Waals surface area contributed by atoms with Crippen molar-refractivity contribution in [2.24, 2.45) is 0 Å². The lowest BCUT2D eigenvalue weighted by atomic mass is 10.1. The molecular formula is C25H20F3N3O4S. The minimum absolute atomic E-state index is 0.0649. The molecule has 1 amide bonds. The molecule has 186 valence electrons. The molecule has 3 aromatic carbocycles. The molecule has 0 saturated heterocycles. The van der Waals surface area contributed by atoms with Crippen LogP contribution in [0.25, 0.3) is 10.9 Å². The summed E-state index contributed by atoms with van der Waals surface area (Å²) in [5, 5.41) is 2.59. The summed E-state index contributed by atoms with van der Waals surface area (Å²) in [5.74, 6) is -0.644. The van der Waals surface area contributed by atoms with E-state index in [-0.39, 0.29) is 33.6 Å². The quantitative estimate of drug-likeness (QED) is 0.349. The van der Waals surface area contributed by atoms with E-state index < -0.39 is 33.1 Å². The number of nitrogens with one attached hydrogen (secondary N) is 3. The van der Waals surface area contributed by atoms with E-state index in [1.54, 1.807) is 0 Å². The van der Waals surface area contributed by atoms with Gasteiger partial charge in [-0.2, -0.15) is 13.2 Å². The summed E-state index contributed by atoms with van der Waals surface area (Å²) in [6.45, 7) is 2.12. The van der Waals surface area contributed by atoms with Gasteiger partial charge in [0, 0.05) is 29.3 Å². The number of anilines is 1. The van der Waals surface area contributed by atoms with Crippen molar-refractivity contribution < 1.29 is 26.4 Å². The van der Waals surface area contributed by atoms with Crippen molar-refractivity contribution in [3.8, 4) is 0 Å². The first-order chi connectivity index (χ1) is 16.9. The molecule has 1 heterocycles. The Hall–Kier alpha value is -4.12. The van der Waals surface area contributed by atoms with E-state index >= 15 is 0 Å². The Morgan fingerprint density at radius 3 is 2.42 bits per heavy atom. The summed E-state index contributed by atoms with van der Waals surface area (Å²) in [5.41, 5.74) is -0.0315. The monoisotopic (exact) mass is 515 g/mol. The predicted molar refractivity (Wildman–Crippen MR) is 129 cm³/mol. The van der Waals surface area contributed by atoms with E-state index in [4.69, 9.17) is 0 Å². The second-order valence-corrected chi connectivity index (χ2v) is 9.77. The van der Waals surface area contributed by atoms with E-state index in [1.165, 1.54) is 24.4 Å². The molecule has 0 atom stereocenters. The first kappa shape index (κ1) is 25.0. The first-order valence-electron chi connectivity index (χ1n) is 10.6. The van der Waals surface area contributed by atoms with Crippen LogP contribution >= 0.6 is 0 Å². The highest BCUT2D eigenvalue weighted by molar-refractivity contribution is 7.92. The summed E-state index contributed by atoms with van der Waals surface area (Å²) < 4.78 is 66.7. The molecule has 3 N–H and O–H groups in total. The predicted octanol–water partition coefficient (Wildman–Crippen LogP) is 4.59. The average Bonchev–Trinajstić information content (AvgIpc) is 2.83. The Kier molecular flexibility index (Phi) is 6.59. The Morgan fingerprint density at radius 2 is 1.72 bits per heavy atom. The molecule has 0 aliphatic heterocycles. The lowest BCUT2D eigenvalue weighted by molar-refractivity contribution is -0.137. The number of carbonyl (C=O) groups excluding carboxylic acids is 1. The Bertz CT molecular complexity index is 1610. The van der Waals surface area contributed by atoms with E-state index in [0.717, 1.165) is 29.3 Å². The van der Waals surface area contributed by atoms with Crippen molar-refractivity contribution in [2.75, 3.05) is 4.72 Å². The molecule has 0 spiro atoms. The van der Waals surface area contributed by atoms with E-state index in [2.05, 4.69) is 15.0 Å². The fourth-order valence-electron chi connectivity index (χ4n) is 3.49. The minimum Gasteiger partial charge on any atom is -0.360 e. The number of halogens is 3. The van der Waals surface area contributed by atoms with Crippen LogP contribution in [0.5, 0.6) is 0 Å². The number of fused-ring (bicyclic) bond motifs is 1. The van der Waals surface area contributed by atoms with Gasteiger partial charge in [0.05, 0.1) is 10.5 Å². The van der Waals surface area contributed by atoms with Gasteiger partial charge in [0.15, 0.2) is 0 Å². The molecule has 4 aromatic rings. The van der Waals surface area contributed by atoms with Gasteiger partial charge in [-0.3, -0.25) is 14.3 Å². The van der Waals surface area contributed by atoms with Gasteiger partial charge in [0.1, 0.15) is 5.56 Å². The second kappa shape index (κ2) is 9.50. The van der Waals surface area contributed by atoms with Crippen molar-refractivity contribution >= 4 is 32.5 Å². The van der Waals surface area contributed by atoms with Crippen LogP contribution in [0.4, 0.5) is 18.9 Å². The number of alkyl halides is 3. The summed E-state index contributed by atoms with van der Waals surface area (Å²) in [6, 6.07) is 14.8. The zero-order valence-electron chi connectivity index (χ0n) is 18.8. The topological polar surface area (TPSA) is 108 Å². The van der Waals surface area contributed by atoms with Crippen LogP contribution in [0.3, 0.4) is 0 Å². The third-order valence-corrected chi connectivity index (χ3v) is 6.80. The maximum absolute atomic E-state index is 13.0. The van der Waals surface area contributed by atoms with Crippen LogP contribution in [0.2, 0.25) is 0 Å². The number of benzene rings is 3. The average molecular weight is 516 g/mol. The fraction of sp³-hybridized carbons (Fsp3) is 0.120. The number of aromatic amines is 1. The first-order valence-corrected chi connectivity index (χ1v) is 12.1. The van der Waals surface area contributed by atoms with Crippen molar-refractivity contribution in [3.63, 3.8) is 0 Å². The van der Waals surface area contributed by atoms with E-state index in [9.17, 15) is 31.2 Å². The molecule has 0 fully saturated rings. The van der Waals surface area contributed by atoms with Crippen molar-refractivity contribution in [1.29, 1.82) is 0 Å². The van der Waals surface area contributed by atoms with E-state index in [0.29, 0.717) is 6.07 Å². The van der Waals surface area contributed by atoms with Crippen molar-refractivity contribution in [2.45, 2.75) is 24.5 Å². The van der Waals surface area contributed by atoms with Crippen LogP contribution in [-0.4, -0.2) is 19.3 Å². The molecule has 1 aromatic heterocycles. The molecular weight excluding hydrogens is 495 g/mol. The number of hydrogen-bond donors (Lipinski definition) is 3. The number of rotatable bonds is 6. The Labute approximate surface area is 204 Å². The molecule has 0 aliphatic carbocycles. The minimum atomic E-state index is -4.64. The number of amides is 1. The summed E-state index contributed by atoms with van der Waals surface area (Å²) >= 11 is 0. The number of hydrogen-bond acceptors (Lipinski definition) is 4. The maximum atomic E-state index is 13.0. The molecule has 36 heavy (non-hydrogen) atoms. The lowest BCUT2D eigenvalue weighted by Gasteiger charge is -2.12. The molecule has 0 aliphatic rings. The zero-order chi connectivity index (χ0) is 26.1. The molecule has 0 radical (unpaired) electrons. The number of aryl methyl sites for hydroxylation is 1. The highest BCUT2D eigenvalue weighted by Crippen LogP contribution is 2.31. The Morgan fingerprint density at radius 1 is 1.00 bits per heavy atom. The smallest absolute Gasteiger partial charge is 0.360 e. The third kappa shape index (κ3) is 5.41. The molecule has 0 unspecified atom stereocenters. The molecule has 11 heteroatoms. The number of carbonyl (C=O) groups is 1. The van der Waals surface area contributed by atoms with Crippen molar-refractivity contribution in [1.82, 2.24) is 10.3 Å². The van der Waals surface area contributed by atoms with Gasteiger partial charge in [0.25, 0.3) is 15.9 Å². The largest absolute Gasteiger partial charge is 0.416 e. The summed E-state index contributed by atoms with van der Waals surface area (Å²) in [7, 11) is -4.34. The summed E-state index contributed by atoms with van der Waals surface area (Å²) in [6.07, 6.45) is -3.40. The Balaban J connectivity index is 1.61. The standard InChI is InChI=1S/C25H20F3N3O4S/c1-15-5-7-16(8-6-15)13-30-24(33)21-14-29-22-10-9-19(12-20(22)23(21)32)36(34,35)31-18-4-2-3-17(11-18)25(26,27)28/h2-12,14,31H,13H2,1H3,(H,29,32)(H,30,33). The van der Waals surface area contributed by atoms with Gasteiger partial charge < -0.3 is 10.3 Å². The van der Waals surface area contributed by atoms with Gasteiger partial charge in [0.2, 0.25) is 5.43 Å². The highest BCUT2D eigenvalue weighted by Gasteiger charge is 2.30. The van der Waals surface area contributed by atoms with Crippen LogP contribution in [0, 0.1) is 6.92 Å². The number of sulfonamides is 1. The highest BCUT2D eigenvalue weighted by atomic mass is 32.2. The van der Waals surface area contributed by atoms with Gasteiger partial charge >= 0.3 is 6.18 Å². The van der Waals surface area contributed by atoms with Crippen LogP contribution in [0.15, 0.2) is 82.6 Å². The maximum Gasteiger partial charge on any atom is 0.416 e. The van der Waals surface area contributed by atoms with Crippen LogP contribution in [-0.2, 0) is 22.7 Å². The SMILES string of the molecule is Cc1ccc(CNC(=O)c2c[nH]c3ccc(S(=O)(=O)Nc4cccc(C(F)(F)F)c4)cc3c2=O)cc1. The van der Waals surface area contributed by atoms with Gasteiger partial charge in [-0.25, -0.2) is 8.42 Å². The third-order valence-electron chi connectivity index (χ3n) is 5.42. The molecule has 0 saturated carbocycles. The van der Waals surface area contributed by atoms with Crippen molar-refractivity contribution in [3.05, 3.63) is 105 Å². The van der Waals surface area contributed by atoms with Crippen LogP contribution < -0.4 is 15.5 Å². The number of pyridine rings is 1. The zero-order valence-corrected chi connectivity index (χ0v) is 19.6. The van der Waals surface area contributed by atoms with Gasteiger partial charge in [-0.15, -0.1) is 0 Å². The number of H-pyrrole nitrogens is 1. The fourth-order valence-corrected chi connectivity index (χ4v) is 4.57. The number of aromatic nitrogens is 1. The van der Waals surface area contributed by atoms with Gasteiger partial charge in [-0.05, 0) is 48.9 Å². The molecule has 7 nitrogen and oxygen atoms in total. The van der Waals surface area contributed by atoms with Crippen LogP contribution in [0.1, 0.15) is 27.0 Å². The molecule has 0 bridgehead atoms. The van der Waals surface area contributed by atoms with Gasteiger partial charge in [-0.1, -0.05) is 35.9 Å². The normalized spacial score (nSPS) is 11.9. The van der Waals surface area contributed by atoms with E-state index in [1.807, 2.05) is 31.2 Å². The molecule has 4 rings (SSSR count). The lowest BCUT2D eigenvalue weighted by Crippen LogP contribution is -2.28.